The van der Waals surface area contributed by atoms with Gasteiger partial charge in [0.15, 0.2) is 0 Å². The Hall–Kier alpha value is -1.89. The lowest BCUT2D eigenvalue weighted by Gasteiger charge is -2.20. The molecule has 7 heteroatoms. The predicted molar refractivity (Wildman–Crippen MR) is 70.8 cm³/mol. The zero-order valence-electron chi connectivity index (χ0n) is 9.38. The Morgan fingerprint density at radius 2 is 2.28 bits per heavy atom. The van der Waals surface area contributed by atoms with E-state index >= 15 is 0 Å². The maximum Gasteiger partial charge on any atom is 0.323 e. The van der Waals surface area contributed by atoms with E-state index in [0.29, 0.717) is 4.47 Å². The molecule has 18 heavy (non-hydrogen) atoms. The number of carbonyl (C=O) groups is 1. The van der Waals surface area contributed by atoms with Gasteiger partial charge in [0.2, 0.25) is 0 Å². The Morgan fingerprint density at radius 1 is 1.61 bits per heavy atom. The van der Waals surface area contributed by atoms with Crippen molar-refractivity contribution in [3.8, 4) is 0 Å². The maximum atomic E-state index is 10.9. The van der Waals surface area contributed by atoms with Gasteiger partial charge in [-0.15, -0.1) is 6.58 Å². The van der Waals surface area contributed by atoms with Crippen LogP contribution in [0.3, 0.4) is 0 Å². The van der Waals surface area contributed by atoms with E-state index in [0.717, 1.165) is 0 Å². The van der Waals surface area contributed by atoms with Gasteiger partial charge in [-0.05, 0) is 12.1 Å². The molecule has 0 bridgehead atoms. The maximum absolute atomic E-state index is 10.9. The second kappa shape index (κ2) is 6.15. The molecule has 0 saturated heterocycles. The van der Waals surface area contributed by atoms with Crippen molar-refractivity contribution < 1.29 is 14.8 Å². The first kappa shape index (κ1) is 14.2. The molecule has 0 fully saturated rings. The number of carboxylic acid groups (broad SMARTS) is 1. The largest absolute Gasteiger partial charge is 0.480 e. The molecular weight excluding hydrogens is 304 g/mol. The number of aliphatic carboxylic acids is 1. The van der Waals surface area contributed by atoms with Gasteiger partial charge in [0.05, 0.1) is 4.92 Å². The van der Waals surface area contributed by atoms with Crippen molar-refractivity contribution in [2.75, 3.05) is 18.0 Å². The van der Waals surface area contributed by atoms with E-state index in [1.165, 1.54) is 29.2 Å². The monoisotopic (exact) mass is 314 g/mol. The number of nitro benzene ring substituents is 1. The van der Waals surface area contributed by atoms with Gasteiger partial charge in [0, 0.05) is 17.1 Å². The zero-order valence-corrected chi connectivity index (χ0v) is 11.0. The van der Waals surface area contributed by atoms with Crippen LogP contribution in [-0.2, 0) is 4.79 Å². The lowest BCUT2D eigenvalue weighted by molar-refractivity contribution is -0.384. The van der Waals surface area contributed by atoms with Crippen LogP contribution in [0.15, 0.2) is 35.3 Å². The van der Waals surface area contributed by atoms with Crippen LogP contribution in [0.5, 0.6) is 0 Å². The first-order valence-corrected chi connectivity index (χ1v) is 5.76. The zero-order chi connectivity index (χ0) is 13.7. The lowest BCUT2D eigenvalue weighted by Crippen LogP contribution is -2.30. The molecule has 0 aromatic heterocycles. The van der Waals surface area contributed by atoms with Crippen molar-refractivity contribution in [2.45, 2.75) is 0 Å². The average molecular weight is 315 g/mol. The highest BCUT2D eigenvalue weighted by Gasteiger charge is 2.20. The highest BCUT2D eigenvalue weighted by molar-refractivity contribution is 9.10. The molecule has 0 aliphatic carbocycles. The fourth-order valence-electron chi connectivity index (χ4n) is 1.47. The summed E-state index contributed by atoms with van der Waals surface area (Å²) in [6.07, 6.45) is 1.49. The Bertz CT molecular complexity index is 490. The third-order valence-corrected chi connectivity index (χ3v) is 2.64. The van der Waals surface area contributed by atoms with Crippen LogP contribution in [-0.4, -0.2) is 29.1 Å². The molecule has 6 nitrogen and oxygen atoms in total. The van der Waals surface area contributed by atoms with E-state index < -0.39 is 10.9 Å². The molecule has 1 aromatic carbocycles. The molecule has 0 atom stereocenters. The molecule has 0 heterocycles. The van der Waals surface area contributed by atoms with Crippen molar-refractivity contribution in [1.82, 2.24) is 0 Å². The fraction of sp³-hybridized carbons (Fsp3) is 0.182. The van der Waals surface area contributed by atoms with Crippen molar-refractivity contribution in [3.63, 3.8) is 0 Å². The van der Waals surface area contributed by atoms with Crippen LogP contribution in [0.25, 0.3) is 0 Å². The summed E-state index contributed by atoms with van der Waals surface area (Å²) in [6.45, 7) is 3.40. The highest BCUT2D eigenvalue weighted by atomic mass is 79.9. The third kappa shape index (κ3) is 3.56. The molecule has 0 spiro atoms. The van der Waals surface area contributed by atoms with E-state index in [9.17, 15) is 14.9 Å². The fourth-order valence-corrected chi connectivity index (χ4v) is 1.82. The number of nitrogens with zero attached hydrogens (tertiary/aromatic N) is 2. The smallest absolute Gasteiger partial charge is 0.323 e. The summed E-state index contributed by atoms with van der Waals surface area (Å²) in [5, 5.41) is 19.7. The molecular formula is C11H11BrN2O4. The van der Waals surface area contributed by atoms with E-state index in [-0.39, 0.29) is 24.5 Å². The highest BCUT2D eigenvalue weighted by Crippen LogP contribution is 2.31. The summed E-state index contributed by atoms with van der Waals surface area (Å²) < 4.78 is 0.641. The summed E-state index contributed by atoms with van der Waals surface area (Å²) in [5.74, 6) is -1.06. The number of halogens is 1. The normalized spacial score (nSPS) is 9.83. The topological polar surface area (TPSA) is 83.7 Å². The Balaban J connectivity index is 3.23. The van der Waals surface area contributed by atoms with Crippen LogP contribution in [0, 0.1) is 10.1 Å². The molecule has 1 aromatic rings. The van der Waals surface area contributed by atoms with E-state index in [2.05, 4.69) is 22.5 Å². The SMILES string of the molecule is C=CCN(CC(=O)O)c1cc(Br)ccc1[N+](=O)[O-]. The van der Waals surface area contributed by atoms with E-state index in [4.69, 9.17) is 5.11 Å². The molecule has 0 aliphatic heterocycles. The molecule has 0 radical (unpaired) electrons. The van der Waals surface area contributed by atoms with Crippen LogP contribution in [0.1, 0.15) is 0 Å². The van der Waals surface area contributed by atoms with Gasteiger partial charge < -0.3 is 10.0 Å². The number of hydrogen-bond donors (Lipinski definition) is 1. The Kier molecular flexibility index (Phi) is 4.85. The Labute approximate surface area is 112 Å². The second-order valence-electron chi connectivity index (χ2n) is 3.45. The van der Waals surface area contributed by atoms with E-state index in [1.807, 2.05) is 0 Å². The summed E-state index contributed by atoms with van der Waals surface area (Å²) in [7, 11) is 0. The summed E-state index contributed by atoms with van der Waals surface area (Å²) >= 11 is 3.21. The van der Waals surface area contributed by atoms with Crippen molar-refractivity contribution >= 4 is 33.3 Å². The number of carboxylic acids is 1. The standard InChI is InChI=1S/C11H11BrN2O4/c1-2-5-13(7-11(15)16)10-6-8(12)3-4-9(10)14(17)18/h2-4,6H,1,5,7H2,(H,15,16). The molecule has 0 saturated carbocycles. The average Bonchev–Trinajstić information content (AvgIpc) is 2.27. The minimum absolute atomic E-state index is 0.138. The molecule has 96 valence electrons. The van der Waals surface area contributed by atoms with Crippen molar-refractivity contribution in [1.29, 1.82) is 0 Å². The van der Waals surface area contributed by atoms with Crippen LogP contribution < -0.4 is 4.90 Å². The minimum atomic E-state index is -1.06. The van der Waals surface area contributed by atoms with Gasteiger partial charge in [-0.1, -0.05) is 22.0 Å². The summed E-state index contributed by atoms with van der Waals surface area (Å²) in [6, 6.07) is 4.39. The first-order chi connectivity index (χ1) is 8.45. The van der Waals surface area contributed by atoms with Gasteiger partial charge in [0.25, 0.3) is 5.69 Å². The van der Waals surface area contributed by atoms with E-state index in [1.54, 1.807) is 0 Å². The van der Waals surface area contributed by atoms with Gasteiger partial charge in [-0.25, -0.2) is 0 Å². The molecule has 1 rings (SSSR count). The van der Waals surface area contributed by atoms with Crippen molar-refractivity contribution in [2.24, 2.45) is 0 Å². The van der Waals surface area contributed by atoms with Gasteiger partial charge in [0.1, 0.15) is 12.2 Å². The third-order valence-electron chi connectivity index (χ3n) is 2.15. The molecule has 0 amide bonds. The van der Waals surface area contributed by atoms with Crippen molar-refractivity contribution in [3.05, 3.63) is 45.4 Å². The summed E-state index contributed by atoms with van der Waals surface area (Å²) in [5.41, 5.74) is 0.109. The van der Waals surface area contributed by atoms with Crippen LogP contribution >= 0.6 is 15.9 Å². The Morgan fingerprint density at radius 3 is 2.78 bits per heavy atom. The van der Waals surface area contributed by atoms with Gasteiger partial charge in [-0.3, -0.25) is 14.9 Å². The molecule has 1 N–H and O–H groups in total. The number of anilines is 1. The number of benzene rings is 1. The van der Waals surface area contributed by atoms with Gasteiger partial charge >= 0.3 is 5.97 Å². The number of hydrogen-bond acceptors (Lipinski definition) is 4. The van der Waals surface area contributed by atoms with Gasteiger partial charge in [-0.2, -0.15) is 0 Å². The minimum Gasteiger partial charge on any atom is -0.480 e. The quantitative estimate of drug-likeness (QED) is 0.495. The predicted octanol–water partition coefficient (Wildman–Crippen LogP) is 2.43. The summed E-state index contributed by atoms with van der Waals surface area (Å²) in [4.78, 5) is 22.5. The molecule has 0 aliphatic rings. The lowest BCUT2D eigenvalue weighted by atomic mass is 10.2. The van der Waals surface area contributed by atoms with Crippen LogP contribution in [0.4, 0.5) is 11.4 Å². The number of rotatable bonds is 6. The second-order valence-corrected chi connectivity index (χ2v) is 4.37. The molecule has 0 unspecified atom stereocenters. The first-order valence-electron chi connectivity index (χ1n) is 4.97. The van der Waals surface area contributed by atoms with Crippen LogP contribution in [0.2, 0.25) is 0 Å². The number of nitro groups is 1.